The predicted molar refractivity (Wildman–Crippen MR) is 94.9 cm³/mol. The van der Waals surface area contributed by atoms with Crippen molar-refractivity contribution < 1.29 is 18.7 Å². The van der Waals surface area contributed by atoms with E-state index < -0.39 is 10.6 Å². The summed E-state index contributed by atoms with van der Waals surface area (Å²) in [6.45, 7) is 3.41. The van der Waals surface area contributed by atoms with Crippen molar-refractivity contribution in [3.63, 3.8) is 0 Å². The minimum atomic E-state index is -2.53. The Morgan fingerprint density at radius 1 is 1.21 bits per heavy atom. The maximum Gasteiger partial charge on any atom is 0.282 e. The number of thiazole rings is 1. The van der Waals surface area contributed by atoms with Crippen molar-refractivity contribution in [1.82, 2.24) is 14.8 Å². The first kappa shape index (κ1) is 17.7. The quantitative estimate of drug-likeness (QED) is 0.830. The molecule has 2 saturated heterocycles. The Morgan fingerprint density at radius 3 is 2.58 bits per heavy atom. The standard InChI is InChI=1S/C15H23N3O4S2/c1-11-4-2-3-5-18(11)14(19)12-10-23-13(16-12)15(20)17-6-8-24(21,22)9-7-17/h10-11,21-22H,2-9H2,1H3. The van der Waals surface area contributed by atoms with Crippen molar-refractivity contribution in [3.8, 4) is 0 Å². The van der Waals surface area contributed by atoms with Gasteiger partial charge in [0.05, 0.1) is 11.5 Å². The molecule has 1 aromatic rings. The van der Waals surface area contributed by atoms with E-state index >= 15 is 0 Å². The van der Waals surface area contributed by atoms with Crippen molar-refractivity contribution in [1.29, 1.82) is 0 Å². The lowest BCUT2D eigenvalue weighted by Gasteiger charge is -2.40. The van der Waals surface area contributed by atoms with Gasteiger partial charge in [0.25, 0.3) is 11.8 Å². The van der Waals surface area contributed by atoms with Crippen molar-refractivity contribution >= 4 is 33.7 Å². The number of carbonyl (C=O) groups is 2. The second kappa shape index (κ2) is 6.99. The van der Waals surface area contributed by atoms with Gasteiger partial charge in [-0.25, -0.2) is 4.98 Å². The lowest BCUT2D eigenvalue weighted by atomic mass is 10.0. The molecule has 1 atom stereocenters. The summed E-state index contributed by atoms with van der Waals surface area (Å²) in [5.41, 5.74) is 0.332. The second-order valence-corrected chi connectivity index (χ2v) is 9.66. The number of hydrogen-bond donors (Lipinski definition) is 2. The van der Waals surface area contributed by atoms with Crippen LogP contribution in [0.2, 0.25) is 0 Å². The number of piperidine rings is 1. The topological polar surface area (TPSA) is 94.0 Å². The summed E-state index contributed by atoms with van der Waals surface area (Å²) >= 11 is 1.18. The third kappa shape index (κ3) is 3.74. The van der Waals surface area contributed by atoms with Crippen LogP contribution in [0.1, 0.15) is 46.5 Å². The van der Waals surface area contributed by atoms with Crippen LogP contribution in [0.15, 0.2) is 5.38 Å². The number of aromatic nitrogens is 1. The number of likely N-dealkylation sites (tertiary alicyclic amines) is 1. The molecule has 3 rings (SSSR count). The lowest BCUT2D eigenvalue weighted by Crippen LogP contribution is -2.43. The van der Waals surface area contributed by atoms with Gasteiger partial charge in [-0.1, -0.05) is 0 Å². The van der Waals surface area contributed by atoms with Gasteiger partial charge < -0.3 is 9.80 Å². The molecule has 1 unspecified atom stereocenters. The fraction of sp³-hybridized carbons (Fsp3) is 0.667. The Morgan fingerprint density at radius 2 is 1.92 bits per heavy atom. The summed E-state index contributed by atoms with van der Waals surface area (Å²) in [6.07, 6.45) is 3.15. The Hall–Kier alpha value is -1.16. The minimum Gasteiger partial charge on any atom is -0.335 e. The molecule has 1 aromatic heterocycles. The van der Waals surface area contributed by atoms with E-state index in [0.717, 1.165) is 25.8 Å². The van der Waals surface area contributed by atoms with E-state index in [1.165, 1.54) is 11.3 Å². The predicted octanol–water partition coefficient (Wildman–Crippen LogP) is 2.36. The zero-order chi connectivity index (χ0) is 17.3. The second-order valence-electron chi connectivity index (χ2n) is 6.38. The zero-order valence-corrected chi connectivity index (χ0v) is 15.3. The number of hydrogen-bond acceptors (Lipinski definition) is 6. The maximum atomic E-state index is 12.6. The van der Waals surface area contributed by atoms with E-state index in [2.05, 4.69) is 4.98 Å². The highest BCUT2D eigenvalue weighted by Crippen LogP contribution is 2.40. The summed E-state index contributed by atoms with van der Waals surface area (Å²) in [7, 11) is -2.53. The summed E-state index contributed by atoms with van der Waals surface area (Å²) in [6, 6.07) is 0.208. The molecule has 2 aliphatic rings. The number of amides is 2. The monoisotopic (exact) mass is 373 g/mol. The van der Waals surface area contributed by atoms with E-state index in [-0.39, 0.29) is 29.4 Å². The minimum absolute atomic E-state index is 0.106. The summed E-state index contributed by atoms with van der Waals surface area (Å²) in [5, 5.41) is 1.94. The van der Waals surface area contributed by atoms with Crippen molar-refractivity contribution in [2.45, 2.75) is 32.2 Å². The summed E-state index contributed by atoms with van der Waals surface area (Å²) < 4.78 is 19.3. The van der Waals surface area contributed by atoms with Gasteiger partial charge >= 0.3 is 0 Å². The highest BCUT2D eigenvalue weighted by atomic mass is 32.3. The molecule has 9 heteroatoms. The third-order valence-electron chi connectivity index (χ3n) is 4.63. The van der Waals surface area contributed by atoms with Gasteiger partial charge in [0.2, 0.25) is 0 Å². The fourth-order valence-electron chi connectivity index (χ4n) is 3.08. The molecule has 2 fully saturated rings. The van der Waals surface area contributed by atoms with Gasteiger partial charge in [-0.05, 0) is 26.2 Å². The molecule has 0 bridgehead atoms. The summed E-state index contributed by atoms with van der Waals surface area (Å²) in [4.78, 5) is 32.7. The molecule has 0 radical (unpaired) electrons. The highest BCUT2D eigenvalue weighted by Gasteiger charge is 2.30. The smallest absolute Gasteiger partial charge is 0.282 e. The van der Waals surface area contributed by atoms with Crippen LogP contribution in [0.4, 0.5) is 0 Å². The molecule has 3 heterocycles. The first-order valence-electron chi connectivity index (χ1n) is 8.17. The molecular weight excluding hydrogens is 350 g/mol. The van der Waals surface area contributed by atoms with E-state index in [9.17, 15) is 18.7 Å². The van der Waals surface area contributed by atoms with Gasteiger partial charge in [0.1, 0.15) is 5.69 Å². The molecule has 2 aliphatic heterocycles. The Bertz CT molecular complexity index is 624. The van der Waals surface area contributed by atoms with E-state index in [0.29, 0.717) is 23.8 Å². The fourth-order valence-corrected chi connectivity index (χ4v) is 5.07. The van der Waals surface area contributed by atoms with Crippen LogP contribution < -0.4 is 0 Å². The van der Waals surface area contributed by atoms with Gasteiger partial charge in [0.15, 0.2) is 5.01 Å². The number of carbonyl (C=O) groups excluding carboxylic acids is 2. The van der Waals surface area contributed by atoms with Crippen LogP contribution in [0.25, 0.3) is 0 Å². The highest BCUT2D eigenvalue weighted by molar-refractivity contribution is 8.24. The van der Waals surface area contributed by atoms with Gasteiger partial charge in [-0.3, -0.25) is 18.7 Å². The van der Waals surface area contributed by atoms with Crippen molar-refractivity contribution in [3.05, 3.63) is 16.1 Å². The molecule has 7 nitrogen and oxygen atoms in total. The largest absolute Gasteiger partial charge is 0.335 e. The Labute approximate surface area is 147 Å². The SMILES string of the molecule is CC1CCCCN1C(=O)c1csc(C(=O)N2CCS(O)(O)CC2)n1. The molecule has 2 amide bonds. The third-order valence-corrected chi connectivity index (χ3v) is 7.14. The first-order valence-corrected chi connectivity index (χ1v) is 10.9. The average molecular weight is 374 g/mol. The number of rotatable bonds is 2. The van der Waals surface area contributed by atoms with E-state index in [4.69, 9.17) is 0 Å². The van der Waals surface area contributed by atoms with Crippen molar-refractivity contribution in [2.75, 3.05) is 31.1 Å². The van der Waals surface area contributed by atoms with Crippen LogP contribution >= 0.6 is 21.9 Å². The molecule has 0 aromatic carbocycles. The van der Waals surface area contributed by atoms with E-state index in [1.807, 2.05) is 11.8 Å². The van der Waals surface area contributed by atoms with Crippen molar-refractivity contribution in [2.24, 2.45) is 0 Å². The van der Waals surface area contributed by atoms with Crippen LogP contribution in [0.5, 0.6) is 0 Å². The van der Waals surface area contributed by atoms with Crippen LogP contribution in [0, 0.1) is 0 Å². The van der Waals surface area contributed by atoms with Gasteiger partial charge in [-0.15, -0.1) is 11.3 Å². The Kier molecular flexibility index (Phi) is 5.14. The van der Waals surface area contributed by atoms with Crippen LogP contribution in [-0.4, -0.2) is 72.9 Å². The lowest BCUT2D eigenvalue weighted by molar-refractivity contribution is 0.0630. The normalized spacial score (nSPS) is 25.4. The van der Waals surface area contributed by atoms with E-state index in [1.54, 1.807) is 10.3 Å². The van der Waals surface area contributed by atoms with Crippen LogP contribution in [-0.2, 0) is 0 Å². The first-order chi connectivity index (χ1) is 11.4. The molecule has 0 spiro atoms. The van der Waals surface area contributed by atoms with Gasteiger partial charge in [-0.2, -0.15) is 10.6 Å². The maximum absolute atomic E-state index is 12.6. The molecule has 134 valence electrons. The molecule has 2 N–H and O–H groups in total. The van der Waals surface area contributed by atoms with Gasteiger partial charge in [0, 0.05) is 31.1 Å². The number of nitrogens with zero attached hydrogens (tertiary/aromatic N) is 3. The summed E-state index contributed by atoms with van der Waals surface area (Å²) in [5.74, 6) is 0.0773. The Balaban J connectivity index is 1.66. The molecular formula is C15H23N3O4S2. The molecule has 0 saturated carbocycles. The average Bonchev–Trinajstić information content (AvgIpc) is 3.04. The molecule has 24 heavy (non-hydrogen) atoms. The molecule has 0 aliphatic carbocycles. The van der Waals surface area contributed by atoms with Crippen LogP contribution in [0.3, 0.4) is 0 Å². The zero-order valence-electron chi connectivity index (χ0n) is 13.7.